The molecule has 18 heavy (non-hydrogen) atoms. The number of carbonyl (C=O) groups excluding carboxylic acids is 1. The molecule has 0 aromatic heterocycles. The number of nitrogens with zero attached hydrogens (tertiary/aromatic N) is 1. The first kappa shape index (κ1) is 13.8. The lowest BCUT2D eigenvalue weighted by molar-refractivity contribution is -0.123. The number of nitrogens with one attached hydrogen (secondary N) is 2. The topological polar surface area (TPSA) is 44.4 Å². The molecule has 0 aliphatic carbocycles. The molecule has 2 fully saturated rings. The average molecular weight is 253 g/mol. The highest BCUT2D eigenvalue weighted by Crippen LogP contribution is 2.12. The molecule has 2 aliphatic heterocycles. The molecule has 2 N–H and O–H groups in total. The van der Waals surface area contributed by atoms with E-state index in [9.17, 15) is 4.79 Å². The van der Waals surface area contributed by atoms with Crippen LogP contribution in [0.4, 0.5) is 0 Å². The molecule has 0 spiro atoms. The molecule has 0 bridgehead atoms. The van der Waals surface area contributed by atoms with Crippen molar-refractivity contribution in [2.75, 3.05) is 26.2 Å². The van der Waals surface area contributed by atoms with Gasteiger partial charge in [0.1, 0.15) is 0 Å². The van der Waals surface area contributed by atoms with Crippen molar-refractivity contribution >= 4 is 5.91 Å². The summed E-state index contributed by atoms with van der Waals surface area (Å²) < 4.78 is 0. The van der Waals surface area contributed by atoms with Crippen molar-refractivity contribution in [1.29, 1.82) is 0 Å². The Bertz CT molecular complexity index is 256. The summed E-state index contributed by atoms with van der Waals surface area (Å²) >= 11 is 0. The summed E-state index contributed by atoms with van der Waals surface area (Å²) in [7, 11) is 0. The van der Waals surface area contributed by atoms with Crippen molar-refractivity contribution < 1.29 is 4.79 Å². The van der Waals surface area contributed by atoms with Crippen molar-refractivity contribution in [3.05, 3.63) is 0 Å². The Morgan fingerprint density at radius 1 is 1.33 bits per heavy atom. The summed E-state index contributed by atoms with van der Waals surface area (Å²) in [5.41, 5.74) is 0. The van der Waals surface area contributed by atoms with Crippen LogP contribution in [0.3, 0.4) is 0 Å². The Balaban J connectivity index is 1.65. The largest absolute Gasteiger partial charge is 0.352 e. The van der Waals surface area contributed by atoms with Crippen LogP contribution in [-0.2, 0) is 4.79 Å². The Hall–Kier alpha value is -0.610. The molecule has 4 heteroatoms. The fourth-order valence-electron chi connectivity index (χ4n) is 2.89. The Morgan fingerprint density at radius 3 is 2.72 bits per heavy atom. The van der Waals surface area contributed by atoms with E-state index in [1.165, 1.54) is 19.4 Å². The molecular weight excluding hydrogens is 226 g/mol. The standard InChI is InChI=1S/C14H27N3O/c1-2-3-9-17-10-6-12(7-11-17)16-14(18)13-5-4-8-15-13/h12-13,15H,2-11H2,1H3,(H,16,18). The van der Waals surface area contributed by atoms with E-state index in [0.29, 0.717) is 6.04 Å². The number of hydrogen-bond donors (Lipinski definition) is 2. The summed E-state index contributed by atoms with van der Waals surface area (Å²) in [6.07, 6.45) is 6.92. The van der Waals surface area contributed by atoms with Crippen LogP contribution in [0.1, 0.15) is 45.4 Å². The zero-order chi connectivity index (χ0) is 12.8. The number of hydrogen-bond acceptors (Lipinski definition) is 3. The van der Waals surface area contributed by atoms with E-state index in [4.69, 9.17) is 0 Å². The van der Waals surface area contributed by atoms with E-state index in [2.05, 4.69) is 22.5 Å². The van der Waals surface area contributed by atoms with Gasteiger partial charge < -0.3 is 15.5 Å². The normalized spacial score (nSPS) is 26.4. The highest BCUT2D eigenvalue weighted by molar-refractivity contribution is 5.82. The van der Waals surface area contributed by atoms with Crippen molar-refractivity contribution in [2.24, 2.45) is 0 Å². The first-order valence-electron chi connectivity index (χ1n) is 7.55. The van der Waals surface area contributed by atoms with E-state index in [0.717, 1.165) is 45.3 Å². The zero-order valence-corrected chi connectivity index (χ0v) is 11.6. The lowest BCUT2D eigenvalue weighted by Gasteiger charge is -2.32. The molecular formula is C14H27N3O. The van der Waals surface area contributed by atoms with Crippen LogP contribution in [0.25, 0.3) is 0 Å². The predicted molar refractivity (Wildman–Crippen MR) is 73.5 cm³/mol. The fraction of sp³-hybridized carbons (Fsp3) is 0.929. The summed E-state index contributed by atoms with van der Waals surface area (Å²) in [4.78, 5) is 14.5. The summed E-state index contributed by atoms with van der Waals surface area (Å²) in [5.74, 6) is 0.222. The summed E-state index contributed by atoms with van der Waals surface area (Å²) in [6, 6.07) is 0.473. The van der Waals surface area contributed by atoms with Crippen molar-refractivity contribution in [1.82, 2.24) is 15.5 Å². The first-order valence-corrected chi connectivity index (χ1v) is 7.55. The minimum absolute atomic E-state index is 0.0723. The molecule has 104 valence electrons. The van der Waals surface area contributed by atoms with Gasteiger partial charge in [-0.15, -0.1) is 0 Å². The van der Waals surface area contributed by atoms with Crippen LogP contribution in [0.15, 0.2) is 0 Å². The van der Waals surface area contributed by atoms with E-state index in [-0.39, 0.29) is 11.9 Å². The van der Waals surface area contributed by atoms with Gasteiger partial charge in [0.05, 0.1) is 6.04 Å². The fourth-order valence-corrected chi connectivity index (χ4v) is 2.89. The van der Waals surface area contributed by atoms with E-state index >= 15 is 0 Å². The van der Waals surface area contributed by atoms with Gasteiger partial charge in [-0.2, -0.15) is 0 Å². The van der Waals surface area contributed by atoms with Crippen LogP contribution in [0.5, 0.6) is 0 Å². The summed E-state index contributed by atoms with van der Waals surface area (Å²) in [5, 5.41) is 6.47. The number of rotatable bonds is 5. The molecule has 0 aromatic carbocycles. The Morgan fingerprint density at radius 2 is 2.11 bits per heavy atom. The second-order valence-corrected chi connectivity index (χ2v) is 5.63. The zero-order valence-electron chi connectivity index (χ0n) is 11.6. The molecule has 0 saturated carbocycles. The highest BCUT2D eigenvalue weighted by Gasteiger charge is 2.26. The predicted octanol–water partition coefficient (Wildman–Crippen LogP) is 1.12. The summed E-state index contributed by atoms with van der Waals surface area (Å²) in [6.45, 7) is 6.74. The maximum Gasteiger partial charge on any atom is 0.237 e. The second kappa shape index (κ2) is 7.10. The molecule has 0 aromatic rings. The van der Waals surface area contributed by atoms with Gasteiger partial charge in [-0.05, 0) is 45.2 Å². The Kier molecular flexibility index (Phi) is 5.45. The maximum atomic E-state index is 12.0. The molecule has 2 rings (SSSR count). The average Bonchev–Trinajstić information content (AvgIpc) is 2.92. The molecule has 2 heterocycles. The number of likely N-dealkylation sites (tertiary alicyclic amines) is 1. The van der Waals surface area contributed by atoms with Gasteiger partial charge in [0.2, 0.25) is 5.91 Å². The van der Waals surface area contributed by atoms with Crippen LogP contribution in [0.2, 0.25) is 0 Å². The quantitative estimate of drug-likeness (QED) is 0.772. The molecule has 0 radical (unpaired) electrons. The molecule has 4 nitrogen and oxygen atoms in total. The number of carbonyl (C=O) groups is 1. The lowest BCUT2D eigenvalue weighted by Crippen LogP contribution is -2.49. The molecule has 2 saturated heterocycles. The van der Waals surface area contributed by atoms with Crippen LogP contribution >= 0.6 is 0 Å². The minimum atomic E-state index is 0.0723. The Labute approximate surface area is 110 Å². The van der Waals surface area contributed by atoms with Gasteiger partial charge in [0, 0.05) is 19.1 Å². The third-order valence-electron chi connectivity index (χ3n) is 4.14. The van der Waals surface area contributed by atoms with Gasteiger partial charge >= 0.3 is 0 Å². The van der Waals surface area contributed by atoms with E-state index in [1.807, 2.05) is 0 Å². The first-order chi connectivity index (χ1) is 8.79. The minimum Gasteiger partial charge on any atom is -0.352 e. The van der Waals surface area contributed by atoms with Gasteiger partial charge in [-0.3, -0.25) is 4.79 Å². The van der Waals surface area contributed by atoms with Crippen LogP contribution in [0, 0.1) is 0 Å². The number of piperidine rings is 1. The van der Waals surface area contributed by atoms with Crippen molar-refractivity contribution in [2.45, 2.75) is 57.5 Å². The molecule has 2 aliphatic rings. The number of amides is 1. The SMILES string of the molecule is CCCCN1CCC(NC(=O)C2CCCN2)CC1. The lowest BCUT2D eigenvalue weighted by atomic mass is 10.0. The molecule has 1 unspecified atom stereocenters. The van der Waals surface area contributed by atoms with Gasteiger partial charge in [-0.25, -0.2) is 0 Å². The van der Waals surface area contributed by atoms with Crippen molar-refractivity contribution in [3.8, 4) is 0 Å². The van der Waals surface area contributed by atoms with Crippen LogP contribution in [-0.4, -0.2) is 49.1 Å². The van der Waals surface area contributed by atoms with Crippen LogP contribution < -0.4 is 10.6 Å². The highest BCUT2D eigenvalue weighted by atomic mass is 16.2. The molecule has 1 atom stereocenters. The monoisotopic (exact) mass is 253 g/mol. The third-order valence-corrected chi connectivity index (χ3v) is 4.14. The second-order valence-electron chi connectivity index (χ2n) is 5.63. The maximum absolute atomic E-state index is 12.0. The van der Waals surface area contributed by atoms with Gasteiger partial charge in [-0.1, -0.05) is 13.3 Å². The van der Waals surface area contributed by atoms with Gasteiger partial charge in [0.25, 0.3) is 0 Å². The van der Waals surface area contributed by atoms with Gasteiger partial charge in [0.15, 0.2) is 0 Å². The molecule has 1 amide bonds. The van der Waals surface area contributed by atoms with E-state index in [1.54, 1.807) is 0 Å². The third kappa shape index (κ3) is 3.95. The van der Waals surface area contributed by atoms with Crippen molar-refractivity contribution in [3.63, 3.8) is 0 Å². The number of unbranched alkanes of at least 4 members (excludes halogenated alkanes) is 1. The smallest absolute Gasteiger partial charge is 0.237 e. The van der Waals surface area contributed by atoms with E-state index < -0.39 is 0 Å².